The monoisotopic (exact) mass is 479 g/mol. The number of nitrogens with zero attached hydrogens (tertiary/aromatic N) is 1. The average molecular weight is 479 g/mol. The minimum absolute atomic E-state index is 0.135. The molecule has 0 spiro atoms. The van der Waals surface area contributed by atoms with Crippen LogP contribution in [0.4, 0.5) is 8.78 Å². The molecule has 9 heteroatoms. The third-order valence-corrected chi connectivity index (χ3v) is 4.95. The summed E-state index contributed by atoms with van der Waals surface area (Å²) in [6.45, 7) is 0. The maximum atomic E-state index is 12.6. The van der Waals surface area contributed by atoms with Crippen LogP contribution in [0.3, 0.4) is 0 Å². The molecule has 0 bridgehead atoms. The van der Waals surface area contributed by atoms with Crippen LogP contribution in [-0.4, -0.2) is 13.4 Å². The van der Waals surface area contributed by atoms with Crippen molar-refractivity contribution in [2.45, 2.75) is 11.5 Å². The Morgan fingerprint density at radius 1 is 1.40 bits per heavy atom. The van der Waals surface area contributed by atoms with E-state index in [1.54, 1.807) is 22.6 Å². The first-order valence-electron chi connectivity index (χ1n) is 3.32. The fourth-order valence-electron chi connectivity index (χ4n) is 0.832. The van der Waals surface area contributed by atoms with Crippen molar-refractivity contribution in [1.82, 2.24) is 4.98 Å². The molecule has 0 saturated heterocycles. The van der Waals surface area contributed by atoms with Gasteiger partial charge in [0.2, 0.25) is 0 Å². The summed E-state index contributed by atoms with van der Waals surface area (Å²) >= 11 is 3.16. The van der Waals surface area contributed by atoms with Gasteiger partial charge in [0.25, 0.3) is 15.5 Å². The lowest BCUT2D eigenvalue weighted by atomic mass is 10.3. The van der Waals surface area contributed by atoms with Crippen LogP contribution < -0.4 is 0 Å². The molecule has 0 atom stereocenters. The lowest BCUT2D eigenvalue weighted by molar-refractivity contribution is 0.149. The molecule has 0 radical (unpaired) electrons. The van der Waals surface area contributed by atoms with Crippen LogP contribution >= 0.6 is 55.9 Å². The molecule has 0 saturated carbocycles. The first-order chi connectivity index (χ1) is 6.75. The molecule has 1 rings (SSSR count). The molecule has 3 nitrogen and oxygen atoms in total. The highest BCUT2D eigenvalue weighted by molar-refractivity contribution is 14.1. The predicted octanol–water partition coefficient (Wildman–Crippen LogP) is 3.16. The molecule has 0 aliphatic carbocycles. The molecular formula is C6H2ClF2I2NO2S. The van der Waals surface area contributed by atoms with Gasteiger partial charge in [0, 0.05) is 26.0 Å². The smallest absolute Gasteiger partial charge is 0.241 e. The fourth-order valence-corrected chi connectivity index (χ4v) is 4.77. The molecule has 15 heavy (non-hydrogen) atoms. The minimum atomic E-state index is -4.09. The van der Waals surface area contributed by atoms with Crippen LogP contribution in [-0.2, 0) is 9.05 Å². The van der Waals surface area contributed by atoms with Crippen LogP contribution in [0, 0.1) is 7.14 Å². The van der Waals surface area contributed by atoms with Gasteiger partial charge in [0.1, 0.15) is 0 Å². The van der Waals surface area contributed by atoms with Crippen LogP contribution in [0.15, 0.2) is 11.2 Å². The molecule has 0 aromatic carbocycles. The van der Waals surface area contributed by atoms with E-state index in [-0.39, 0.29) is 12.7 Å². The number of aromatic nitrogens is 1. The molecule has 1 aromatic rings. The zero-order valence-corrected chi connectivity index (χ0v) is 12.6. The van der Waals surface area contributed by atoms with Crippen molar-refractivity contribution in [3.8, 4) is 0 Å². The van der Waals surface area contributed by atoms with Crippen molar-refractivity contribution in [3.63, 3.8) is 0 Å². The molecule has 1 heterocycles. The van der Waals surface area contributed by atoms with Gasteiger partial charge in [-0.1, -0.05) is 0 Å². The van der Waals surface area contributed by atoms with E-state index in [9.17, 15) is 17.2 Å². The Labute approximate surface area is 116 Å². The zero-order valence-electron chi connectivity index (χ0n) is 6.72. The molecule has 0 aliphatic rings. The van der Waals surface area contributed by atoms with Crippen molar-refractivity contribution in [1.29, 1.82) is 0 Å². The first-order valence-corrected chi connectivity index (χ1v) is 7.78. The highest BCUT2D eigenvalue weighted by atomic mass is 127. The second-order valence-electron chi connectivity index (χ2n) is 2.38. The number of pyridine rings is 1. The van der Waals surface area contributed by atoms with Gasteiger partial charge in [-0.15, -0.1) is 0 Å². The quantitative estimate of drug-likeness (QED) is 0.484. The Bertz CT molecular complexity index is 494. The minimum Gasteiger partial charge on any atom is -0.241 e. The Morgan fingerprint density at radius 2 is 1.93 bits per heavy atom. The zero-order chi connectivity index (χ0) is 11.8. The van der Waals surface area contributed by atoms with Gasteiger partial charge in [-0.2, -0.15) is 0 Å². The summed E-state index contributed by atoms with van der Waals surface area (Å²) in [5, 5.41) is -0.527. The van der Waals surface area contributed by atoms with Gasteiger partial charge in [0.05, 0.1) is 3.57 Å². The normalized spacial score (nSPS) is 12.1. The van der Waals surface area contributed by atoms with Gasteiger partial charge in [-0.25, -0.2) is 22.2 Å². The van der Waals surface area contributed by atoms with Crippen LogP contribution in [0.5, 0.6) is 0 Å². The summed E-state index contributed by atoms with van der Waals surface area (Å²) in [5.41, 5.74) is -0.356. The summed E-state index contributed by atoms with van der Waals surface area (Å²) in [6.07, 6.45) is -1.71. The second kappa shape index (κ2) is 4.92. The SMILES string of the molecule is O=S(=O)(Cl)c1ncc(I)c(C(F)F)c1I. The number of rotatable bonds is 2. The molecular weight excluding hydrogens is 477 g/mol. The lowest BCUT2D eigenvalue weighted by Crippen LogP contribution is -2.05. The van der Waals surface area contributed by atoms with Gasteiger partial charge in [-0.3, -0.25) is 0 Å². The Balaban J connectivity index is 3.56. The summed E-state index contributed by atoms with van der Waals surface area (Å²) in [6, 6.07) is 0. The molecule has 0 N–H and O–H groups in total. The van der Waals surface area contributed by atoms with E-state index >= 15 is 0 Å². The van der Waals surface area contributed by atoms with Crippen LogP contribution in [0.1, 0.15) is 12.0 Å². The summed E-state index contributed by atoms with van der Waals surface area (Å²) in [4.78, 5) is 3.52. The van der Waals surface area contributed by atoms with Gasteiger partial charge in [-0.05, 0) is 45.2 Å². The molecule has 0 aliphatic heterocycles. The van der Waals surface area contributed by atoms with Crippen molar-refractivity contribution < 1.29 is 17.2 Å². The number of halogens is 5. The van der Waals surface area contributed by atoms with Gasteiger partial charge >= 0.3 is 0 Å². The Hall–Kier alpha value is 0.710. The molecule has 0 amide bonds. The third kappa shape index (κ3) is 3.09. The maximum Gasteiger partial charge on any atom is 0.279 e. The van der Waals surface area contributed by atoms with Gasteiger partial charge in [0.15, 0.2) is 5.03 Å². The van der Waals surface area contributed by atoms with Crippen LogP contribution in [0.2, 0.25) is 0 Å². The van der Waals surface area contributed by atoms with E-state index in [4.69, 9.17) is 10.7 Å². The fraction of sp³-hybridized carbons (Fsp3) is 0.167. The van der Waals surface area contributed by atoms with E-state index in [0.29, 0.717) is 0 Å². The Kier molecular flexibility index (Phi) is 4.52. The van der Waals surface area contributed by atoms with E-state index in [2.05, 4.69) is 4.98 Å². The highest BCUT2D eigenvalue weighted by Crippen LogP contribution is 2.32. The number of alkyl halides is 2. The second-order valence-corrected chi connectivity index (χ2v) is 7.10. The summed E-state index contributed by atoms with van der Waals surface area (Å²) < 4.78 is 47.2. The standard InChI is InChI=1S/C6H2ClF2I2NO2S/c7-15(13,14)6-4(11)3(5(8)9)2(10)1-12-6/h1,5H. The lowest BCUT2D eigenvalue weighted by Gasteiger charge is -2.08. The van der Waals surface area contributed by atoms with E-state index in [1.165, 1.54) is 22.6 Å². The topological polar surface area (TPSA) is 47.0 Å². The van der Waals surface area contributed by atoms with E-state index in [1.807, 2.05) is 0 Å². The number of hydrogen-bond donors (Lipinski definition) is 0. The molecule has 84 valence electrons. The average Bonchev–Trinajstić information content (AvgIpc) is 2.00. The van der Waals surface area contributed by atoms with Gasteiger partial charge < -0.3 is 0 Å². The van der Waals surface area contributed by atoms with Crippen molar-refractivity contribution in [2.75, 3.05) is 0 Å². The molecule has 1 aromatic heterocycles. The third-order valence-electron chi connectivity index (χ3n) is 1.43. The Morgan fingerprint density at radius 3 is 2.33 bits per heavy atom. The van der Waals surface area contributed by atoms with Crippen LogP contribution in [0.25, 0.3) is 0 Å². The summed E-state index contributed by atoms with van der Waals surface area (Å²) in [5.74, 6) is 0. The molecule has 0 fully saturated rings. The largest absolute Gasteiger partial charge is 0.279 e. The predicted molar refractivity (Wildman–Crippen MR) is 67.7 cm³/mol. The maximum absolute atomic E-state index is 12.6. The van der Waals surface area contributed by atoms with Crippen molar-refractivity contribution in [2.24, 2.45) is 0 Å². The van der Waals surface area contributed by atoms with Crippen molar-refractivity contribution in [3.05, 3.63) is 18.9 Å². The van der Waals surface area contributed by atoms with E-state index in [0.717, 1.165) is 6.20 Å². The first kappa shape index (κ1) is 13.8. The highest BCUT2D eigenvalue weighted by Gasteiger charge is 2.25. The number of hydrogen-bond acceptors (Lipinski definition) is 3. The summed E-state index contributed by atoms with van der Waals surface area (Å²) in [7, 11) is 0.961. The van der Waals surface area contributed by atoms with Crippen molar-refractivity contribution >= 4 is 64.9 Å². The molecule has 0 unspecified atom stereocenters. The van der Waals surface area contributed by atoms with E-state index < -0.39 is 20.5 Å².